The molecule has 2 rings (SSSR count). The zero-order valence-corrected chi connectivity index (χ0v) is 10.6. The lowest BCUT2D eigenvalue weighted by Gasteiger charge is -2.10. The normalized spacial score (nSPS) is 10.3. The zero-order chi connectivity index (χ0) is 14.9. The number of anilines is 3. The molecule has 20 heavy (non-hydrogen) atoms. The Hall–Kier alpha value is -2.63. The van der Waals surface area contributed by atoms with E-state index in [9.17, 15) is 13.6 Å². The molecule has 6 heteroatoms. The highest BCUT2D eigenvalue weighted by Crippen LogP contribution is 2.25. The summed E-state index contributed by atoms with van der Waals surface area (Å²) in [6.07, 6.45) is 0. The third-order valence-corrected chi connectivity index (χ3v) is 2.81. The van der Waals surface area contributed by atoms with Gasteiger partial charge in [0.05, 0.1) is 11.3 Å². The maximum absolute atomic E-state index is 13.7. The molecule has 0 radical (unpaired) electrons. The van der Waals surface area contributed by atoms with Crippen molar-refractivity contribution in [2.75, 3.05) is 11.1 Å². The second-order valence-corrected chi connectivity index (χ2v) is 4.31. The van der Waals surface area contributed by atoms with Crippen LogP contribution in [-0.4, -0.2) is 11.1 Å². The minimum atomic E-state index is -1.19. The Morgan fingerprint density at radius 2 is 1.90 bits per heavy atom. The first-order valence-electron chi connectivity index (χ1n) is 5.74. The van der Waals surface area contributed by atoms with Gasteiger partial charge in [0, 0.05) is 17.4 Å². The van der Waals surface area contributed by atoms with E-state index in [1.54, 1.807) is 0 Å². The summed E-state index contributed by atoms with van der Waals surface area (Å²) >= 11 is 0. The van der Waals surface area contributed by atoms with Crippen LogP contribution in [0.4, 0.5) is 25.8 Å². The fourth-order valence-corrected chi connectivity index (χ4v) is 1.72. The van der Waals surface area contributed by atoms with E-state index in [0.717, 1.165) is 12.1 Å². The Bertz CT molecular complexity index is 687. The predicted molar refractivity (Wildman–Crippen MR) is 72.2 cm³/mol. The molecule has 0 aliphatic carbocycles. The van der Waals surface area contributed by atoms with E-state index in [1.165, 1.54) is 25.1 Å². The smallest absolute Gasteiger partial charge is 0.337 e. The molecule has 4 N–H and O–H groups in total. The number of rotatable bonds is 3. The van der Waals surface area contributed by atoms with E-state index in [1.807, 2.05) is 0 Å². The van der Waals surface area contributed by atoms with Gasteiger partial charge in [-0.05, 0) is 36.8 Å². The number of carboxylic acids is 1. The van der Waals surface area contributed by atoms with Crippen LogP contribution in [-0.2, 0) is 0 Å². The number of nitrogen functional groups attached to an aromatic ring is 1. The Morgan fingerprint density at radius 3 is 2.55 bits per heavy atom. The average molecular weight is 278 g/mol. The number of benzene rings is 2. The van der Waals surface area contributed by atoms with Crippen LogP contribution in [0.15, 0.2) is 30.3 Å². The Morgan fingerprint density at radius 1 is 1.20 bits per heavy atom. The van der Waals surface area contributed by atoms with Crippen LogP contribution < -0.4 is 11.1 Å². The van der Waals surface area contributed by atoms with Gasteiger partial charge in [0.1, 0.15) is 11.6 Å². The van der Waals surface area contributed by atoms with Gasteiger partial charge in [-0.3, -0.25) is 0 Å². The minimum Gasteiger partial charge on any atom is -0.478 e. The molecular formula is C14H12F2N2O2. The average Bonchev–Trinajstić information content (AvgIpc) is 2.37. The highest BCUT2D eigenvalue weighted by atomic mass is 19.1. The van der Waals surface area contributed by atoms with Crippen LogP contribution in [0.5, 0.6) is 0 Å². The summed E-state index contributed by atoms with van der Waals surface area (Å²) in [5.41, 5.74) is 5.92. The van der Waals surface area contributed by atoms with Gasteiger partial charge in [0.15, 0.2) is 0 Å². The van der Waals surface area contributed by atoms with Crippen LogP contribution in [0.1, 0.15) is 15.9 Å². The number of nitrogens with two attached hydrogens (primary N) is 1. The predicted octanol–water partition coefficient (Wildman–Crippen LogP) is 3.30. The molecule has 4 nitrogen and oxygen atoms in total. The molecule has 0 aliphatic heterocycles. The fourth-order valence-electron chi connectivity index (χ4n) is 1.72. The van der Waals surface area contributed by atoms with Gasteiger partial charge in [0.25, 0.3) is 0 Å². The van der Waals surface area contributed by atoms with E-state index in [4.69, 9.17) is 10.8 Å². The molecule has 0 saturated heterocycles. The number of aryl methyl sites for hydroxylation is 1. The van der Waals surface area contributed by atoms with Crippen LogP contribution in [0.3, 0.4) is 0 Å². The van der Waals surface area contributed by atoms with Crippen LogP contribution in [0.2, 0.25) is 0 Å². The Labute approximate surface area is 113 Å². The van der Waals surface area contributed by atoms with Crippen molar-refractivity contribution in [2.24, 2.45) is 0 Å². The number of aromatic carboxylic acids is 1. The van der Waals surface area contributed by atoms with Gasteiger partial charge in [-0.1, -0.05) is 0 Å². The second kappa shape index (κ2) is 5.16. The highest BCUT2D eigenvalue weighted by Gasteiger charge is 2.11. The molecule has 2 aromatic carbocycles. The van der Waals surface area contributed by atoms with E-state index in [0.29, 0.717) is 5.69 Å². The van der Waals surface area contributed by atoms with Crippen molar-refractivity contribution in [3.05, 3.63) is 53.1 Å². The molecule has 0 fully saturated rings. The molecule has 0 aromatic heterocycles. The second-order valence-electron chi connectivity index (χ2n) is 4.31. The van der Waals surface area contributed by atoms with Crippen LogP contribution >= 0.6 is 0 Å². The summed E-state index contributed by atoms with van der Waals surface area (Å²) in [5.74, 6) is -2.37. The molecule has 0 saturated carbocycles. The number of nitrogens with one attached hydrogen (secondary N) is 1. The van der Waals surface area contributed by atoms with Crippen molar-refractivity contribution >= 4 is 23.0 Å². The van der Waals surface area contributed by atoms with E-state index >= 15 is 0 Å². The zero-order valence-electron chi connectivity index (χ0n) is 10.6. The molecule has 2 aromatic rings. The Kier molecular flexibility index (Phi) is 3.56. The summed E-state index contributed by atoms with van der Waals surface area (Å²) in [6.45, 7) is 1.45. The number of carboxylic acid groups (broad SMARTS) is 1. The maximum Gasteiger partial charge on any atom is 0.337 e. The van der Waals surface area contributed by atoms with Gasteiger partial charge in [-0.15, -0.1) is 0 Å². The lowest BCUT2D eigenvalue weighted by atomic mass is 10.1. The standard InChI is InChI=1S/C14H12F2N2O2/c1-7-4-11(16)13(6-10(7)15)18-8-2-3-12(17)9(5-8)14(19)20/h2-6,18H,17H2,1H3,(H,19,20). The fraction of sp³-hybridized carbons (Fsp3) is 0.0714. The number of carbonyl (C=O) groups is 1. The molecule has 0 heterocycles. The van der Waals surface area contributed by atoms with Crippen molar-refractivity contribution in [2.45, 2.75) is 6.92 Å². The van der Waals surface area contributed by atoms with E-state index in [-0.39, 0.29) is 22.5 Å². The minimum absolute atomic E-state index is 0.0748. The molecular weight excluding hydrogens is 266 g/mol. The summed E-state index contributed by atoms with van der Waals surface area (Å²) in [4.78, 5) is 11.0. The van der Waals surface area contributed by atoms with Crippen molar-refractivity contribution in [1.29, 1.82) is 0 Å². The van der Waals surface area contributed by atoms with Gasteiger partial charge < -0.3 is 16.2 Å². The quantitative estimate of drug-likeness (QED) is 0.753. The van der Waals surface area contributed by atoms with Gasteiger partial charge in [-0.2, -0.15) is 0 Å². The monoisotopic (exact) mass is 278 g/mol. The maximum atomic E-state index is 13.7. The highest BCUT2D eigenvalue weighted by molar-refractivity contribution is 5.95. The van der Waals surface area contributed by atoms with Crippen molar-refractivity contribution in [1.82, 2.24) is 0 Å². The summed E-state index contributed by atoms with van der Waals surface area (Å²) < 4.78 is 27.1. The SMILES string of the molecule is Cc1cc(F)c(Nc2ccc(N)c(C(=O)O)c2)cc1F. The summed E-state index contributed by atoms with van der Waals surface area (Å²) in [6, 6.07) is 6.20. The molecule has 0 aliphatic rings. The molecule has 0 amide bonds. The lowest BCUT2D eigenvalue weighted by molar-refractivity contribution is 0.0698. The topological polar surface area (TPSA) is 75.3 Å². The Balaban J connectivity index is 2.38. The number of halogens is 2. The molecule has 0 atom stereocenters. The van der Waals surface area contributed by atoms with Crippen LogP contribution in [0, 0.1) is 18.6 Å². The first-order valence-corrected chi connectivity index (χ1v) is 5.74. The van der Waals surface area contributed by atoms with Crippen LogP contribution in [0.25, 0.3) is 0 Å². The van der Waals surface area contributed by atoms with E-state index < -0.39 is 17.6 Å². The lowest BCUT2D eigenvalue weighted by Crippen LogP contribution is -2.04. The van der Waals surface area contributed by atoms with Crippen molar-refractivity contribution in [3.63, 3.8) is 0 Å². The van der Waals surface area contributed by atoms with Gasteiger partial charge >= 0.3 is 5.97 Å². The third kappa shape index (κ3) is 2.69. The number of hydrogen-bond acceptors (Lipinski definition) is 3. The molecule has 0 unspecified atom stereocenters. The van der Waals surface area contributed by atoms with Crippen molar-refractivity contribution < 1.29 is 18.7 Å². The van der Waals surface area contributed by atoms with E-state index in [2.05, 4.69) is 5.32 Å². The summed E-state index contributed by atoms with van der Waals surface area (Å²) in [5, 5.41) is 11.6. The molecule has 104 valence electrons. The summed E-state index contributed by atoms with van der Waals surface area (Å²) in [7, 11) is 0. The third-order valence-electron chi connectivity index (χ3n) is 2.81. The largest absolute Gasteiger partial charge is 0.478 e. The first kappa shape index (κ1) is 13.8. The van der Waals surface area contributed by atoms with Gasteiger partial charge in [0.2, 0.25) is 0 Å². The molecule has 0 bridgehead atoms. The van der Waals surface area contributed by atoms with Crippen molar-refractivity contribution in [3.8, 4) is 0 Å². The molecule has 0 spiro atoms. The van der Waals surface area contributed by atoms with Gasteiger partial charge in [-0.25, -0.2) is 13.6 Å². The number of hydrogen-bond donors (Lipinski definition) is 3. The first-order chi connectivity index (χ1) is 9.38.